The van der Waals surface area contributed by atoms with Gasteiger partial charge in [0.1, 0.15) is 0 Å². The highest BCUT2D eigenvalue weighted by atomic mass is 15.2. The molecule has 3 unspecified atom stereocenters. The molecule has 0 amide bonds. The zero-order valence-electron chi connectivity index (χ0n) is 14.2. The molecule has 0 aliphatic carbocycles. The maximum atomic E-state index is 3.59. The highest BCUT2D eigenvalue weighted by Crippen LogP contribution is 2.30. The van der Waals surface area contributed by atoms with Gasteiger partial charge in [-0.25, -0.2) is 0 Å². The summed E-state index contributed by atoms with van der Waals surface area (Å²) in [5.74, 6) is 1.53. The van der Waals surface area contributed by atoms with Gasteiger partial charge < -0.3 is 5.32 Å². The molecule has 0 spiro atoms. The number of hydrogen-bond donors (Lipinski definition) is 1. The van der Waals surface area contributed by atoms with E-state index in [1.807, 2.05) is 0 Å². The van der Waals surface area contributed by atoms with Gasteiger partial charge in [0.25, 0.3) is 0 Å². The summed E-state index contributed by atoms with van der Waals surface area (Å²) in [6, 6.07) is 11.9. The van der Waals surface area contributed by atoms with Crippen LogP contribution < -0.4 is 5.32 Å². The van der Waals surface area contributed by atoms with Crippen molar-refractivity contribution < 1.29 is 0 Å². The van der Waals surface area contributed by atoms with Crippen LogP contribution in [0.15, 0.2) is 30.3 Å². The molecule has 1 aromatic carbocycles. The molecule has 118 valence electrons. The van der Waals surface area contributed by atoms with E-state index in [-0.39, 0.29) is 0 Å². The minimum atomic E-state index is 0.418. The smallest absolute Gasteiger partial charge is 0.0478 e. The summed E-state index contributed by atoms with van der Waals surface area (Å²) in [4.78, 5) is 2.75. The van der Waals surface area contributed by atoms with Crippen LogP contribution in [0.3, 0.4) is 0 Å². The predicted octanol–water partition coefficient (Wildman–Crippen LogP) is 4.09. The van der Waals surface area contributed by atoms with Gasteiger partial charge >= 0.3 is 0 Å². The number of benzene rings is 1. The van der Waals surface area contributed by atoms with Gasteiger partial charge in [-0.15, -0.1) is 0 Å². The van der Waals surface area contributed by atoms with Crippen LogP contribution in [-0.2, 0) is 0 Å². The van der Waals surface area contributed by atoms with Crippen LogP contribution in [0.2, 0.25) is 0 Å². The first-order valence-electron chi connectivity index (χ1n) is 8.63. The lowest BCUT2D eigenvalue weighted by Crippen LogP contribution is -2.50. The Kier molecular flexibility index (Phi) is 6.25. The standard InChI is InChI=1S/C19H32N2/c1-5-16-10-9-13-21(14-16)19(15(2)3)18(20-4)17-11-7-6-8-12-17/h6-8,11-12,15-16,18-20H,5,9-10,13-14H2,1-4H3. The SMILES string of the molecule is CCC1CCCN(C(C(C)C)C(NC)c2ccccc2)C1. The first-order chi connectivity index (χ1) is 10.2. The number of nitrogens with zero attached hydrogens (tertiary/aromatic N) is 1. The van der Waals surface area contributed by atoms with Crippen molar-refractivity contribution in [2.45, 2.75) is 52.1 Å². The summed E-state index contributed by atoms with van der Waals surface area (Å²) >= 11 is 0. The van der Waals surface area contributed by atoms with Gasteiger partial charge in [-0.3, -0.25) is 4.90 Å². The molecule has 21 heavy (non-hydrogen) atoms. The molecule has 1 heterocycles. The van der Waals surface area contributed by atoms with Gasteiger partial charge in [0, 0.05) is 18.6 Å². The lowest BCUT2D eigenvalue weighted by Gasteiger charge is -2.44. The van der Waals surface area contributed by atoms with Gasteiger partial charge in [0.2, 0.25) is 0 Å². The average molecular weight is 288 g/mol. The maximum Gasteiger partial charge on any atom is 0.0478 e. The fourth-order valence-corrected chi connectivity index (χ4v) is 3.91. The van der Waals surface area contributed by atoms with E-state index in [0.29, 0.717) is 18.0 Å². The van der Waals surface area contributed by atoms with E-state index in [0.717, 1.165) is 5.92 Å². The van der Waals surface area contributed by atoms with E-state index in [2.05, 4.69) is 68.4 Å². The Labute approximate surface area is 130 Å². The van der Waals surface area contributed by atoms with Crippen LogP contribution in [0, 0.1) is 11.8 Å². The van der Waals surface area contributed by atoms with Gasteiger partial charge in [0.05, 0.1) is 0 Å². The van der Waals surface area contributed by atoms with E-state index in [1.54, 1.807) is 0 Å². The Hall–Kier alpha value is -0.860. The third kappa shape index (κ3) is 4.08. The number of hydrogen-bond acceptors (Lipinski definition) is 2. The summed E-state index contributed by atoms with van der Waals surface area (Å²) in [5.41, 5.74) is 1.41. The van der Waals surface area contributed by atoms with E-state index in [1.165, 1.54) is 37.9 Å². The quantitative estimate of drug-likeness (QED) is 0.848. The highest BCUT2D eigenvalue weighted by Gasteiger charge is 2.32. The van der Waals surface area contributed by atoms with Gasteiger partial charge in [0.15, 0.2) is 0 Å². The molecule has 1 aliphatic rings. The Balaban J connectivity index is 2.20. The molecule has 3 atom stereocenters. The number of nitrogens with one attached hydrogen (secondary N) is 1. The molecule has 0 aromatic heterocycles. The summed E-state index contributed by atoms with van der Waals surface area (Å²) in [6.45, 7) is 9.60. The van der Waals surface area contributed by atoms with Crippen molar-refractivity contribution in [3.8, 4) is 0 Å². The normalized spacial score (nSPS) is 23.2. The van der Waals surface area contributed by atoms with Crippen LogP contribution in [0.1, 0.15) is 51.6 Å². The van der Waals surface area contributed by atoms with Crippen LogP contribution in [0.5, 0.6) is 0 Å². The lowest BCUT2D eigenvalue weighted by molar-refractivity contribution is 0.0706. The second-order valence-electron chi connectivity index (χ2n) is 6.82. The van der Waals surface area contributed by atoms with Crippen molar-refractivity contribution in [3.63, 3.8) is 0 Å². The van der Waals surface area contributed by atoms with E-state index < -0.39 is 0 Å². The minimum Gasteiger partial charge on any atom is -0.312 e. The molecule has 2 nitrogen and oxygen atoms in total. The van der Waals surface area contributed by atoms with Crippen LogP contribution in [-0.4, -0.2) is 31.1 Å². The van der Waals surface area contributed by atoms with Crippen LogP contribution in [0.25, 0.3) is 0 Å². The number of piperidine rings is 1. The summed E-state index contributed by atoms with van der Waals surface area (Å²) < 4.78 is 0. The van der Waals surface area contributed by atoms with E-state index >= 15 is 0 Å². The number of rotatable bonds is 6. The third-order valence-electron chi connectivity index (χ3n) is 5.04. The Morgan fingerprint density at radius 2 is 1.95 bits per heavy atom. The van der Waals surface area contributed by atoms with E-state index in [9.17, 15) is 0 Å². The predicted molar refractivity (Wildman–Crippen MR) is 91.5 cm³/mol. The van der Waals surface area contributed by atoms with Crippen molar-refractivity contribution >= 4 is 0 Å². The van der Waals surface area contributed by atoms with Crippen molar-refractivity contribution in [2.75, 3.05) is 20.1 Å². The number of likely N-dealkylation sites (N-methyl/N-ethyl adjacent to an activating group) is 1. The second-order valence-corrected chi connectivity index (χ2v) is 6.82. The molecule has 2 rings (SSSR count). The highest BCUT2D eigenvalue weighted by molar-refractivity contribution is 5.21. The minimum absolute atomic E-state index is 0.418. The monoisotopic (exact) mass is 288 g/mol. The first kappa shape index (κ1) is 16.5. The molecule has 1 fully saturated rings. The molecule has 0 radical (unpaired) electrons. The van der Waals surface area contributed by atoms with Crippen molar-refractivity contribution in [3.05, 3.63) is 35.9 Å². The van der Waals surface area contributed by atoms with Crippen LogP contribution in [0.4, 0.5) is 0 Å². The molecule has 1 saturated heterocycles. The van der Waals surface area contributed by atoms with E-state index in [4.69, 9.17) is 0 Å². The summed E-state index contributed by atoms with van der Waals surface area (Å²) in [6.07, 6.45) is 4.08. The van der Waals surface area contributed by atoms with Gasteiger partial charge in [-0.1, -0.05) is 57.5 Å². The molecule has 1 N–H and O–H groups in total. The molecule has 0 bridgehead atoms. The molecule has 2 heteroatoms. The topological polar surface area (TPSA) is 15.3 Å². The first-order valence-corrected chi connectivity index (χ1v) is 8.63. The fraction of sp³-hybridized carbons (Fsp3) is 0.684. The summed E-state index contributed by atoms with van der Waals surface area (Å²) in [5, 5.41) is 3.59. The Bertz CT molecular complexity index is 401. The molecule has 1 aliphatic heterocycles. The Morgan fingerprint density at radius 1 is 1.24 bits per heavy atom. The van der Waals surface area contributed by atoms with Crippen LogP contribution >= 0.6 is 0 Å². The van der Waals surface area contributed by atoms with Crippen molar-refractivity contribution in [2.24, 2.45) is 11.8 Å². The van der Waals surface area contributed by atoms with Gasteiger partial charge in [-0.05, 0) is 43.8 Å². The largest absolute Gasteiger partial charge is 0.312 e. The zero-order valence-corrected chi connectivity index (χ0v) is 14.2. The third-order valence-corrected chi connectivity index (χ3v) is 5.04. The lowest BCUT2D eigenvalue weighted by atomic mass is 9.86. The van der Waals surface area contributed by atoms with Gasteiger partial charge in [-0.2, -0.15) is 0 Å². The molecular weight excluding hydrogens is 256 g/mol. The Morgan fingerprint density at radius 3 is 2.52 bits per heavy atom. The second kappa shape index (κ2) is 7.95. The molecule has 0 saturated carbocycles. The average Bonchev–Trinajstić information content (AvgIpc) is 2.53. The summed E-state index contributed by atoms with van der Waals surface area (Å²) in [7, 11) is 2.11. The zero-order chi connectivity index (χ0) is 15.2. The number of likely N-dealkylation sites (tertiary alicyclic amines) is 1. The van der Waals surface area contributed by atoms with Crippen molar-refractivity contribution in [1.82, 2.24) is 10.2 Å². The van der Waals surface area contributed by atoms with Crippen molar-refractivity contribution in [1.29, 1.82) is 0 Å². The molecular formula is C19H32N2. The molecule has 1 aromatic rings. The maximum absolute atomic E-state index is 3.59. The fourth-order valence-electron chi connectivity index (χ4n) is 3.91.